The van der Waals surface area contributed by atoms with Crippen LogP contribution in [0.2, 0.25) is 0 Å². The number of benzene rings is 2. The van der Waals surface area contributed by atoms with Crippen molar-refractivity contribution >= 4 is 34.9 Å². The Hall–Kier alpha value is -3.39. The Kier molecular flexibility index (Phi) is 6.68. The van der Waals surface area contributed by atoms with E-state index < -0.39 is 12.0 Å². The molecule has 1 heterocycles. The van der Waals surface area contributed by atoms with E-state index in [1.54, 1.807) is 31.2 Å². The van der Waals surface area contributed by atoms with Gasteiger partial charge in [0.15, 0.2) is 5.11 Å². The van der Waals surface area contributed by atoms with Crippen LogP contribution in [0.3, 0.4) is 0 Å². The molecule has 0 radical (unpaired) electrons. The highest BCUT2D eigenvalue weighted by Gasteiger charge is 2.32. The van der Waals surface area contributed by atoms with Gasteiger partial charge in [-0.3, -0.25) is 4.79 Å². The predicted molar refractivity (Wildman–Crippen MR) is 118 cm³/mol. The second-order valence-corrected chi connectivity index (χ2v) is 6.94. The van der Waals surface area contributed by atoms with Crippen LogP contribution < -0.4 is 20.7 Å². The minimum Gasteiger partial charge on any atom is -0.494 e. The van der Waals surface area contributed by atoms with Gasteiger partial charge < -0.3 is 25.4 Å². The fourth-order valence-electron chi connectivity index (χ4n) is 3.30. The molecule has 3 rings (SSSR count). The molecule has 2 aromatic carbocycles. The molecule has 7 nitrogen and oxygen atoms in total. The Morgan fingerprint density at radius 3 is 2.57 bits per heavy atom. The molecule has 0 spiro atoms. The number of hydrogen-bond acceptors (Lipinski definition) is 5. The number of nitrogens with one attached hydrogen (secondary N) is 3. The summed E-state index contributed by atoms with van der Waals surface area (Å²) in [6, 6.07) is 13.6. The Bertz CT molecular complexity index is 1020. The summed E-state index contributed by atoms with van der Waals surface area (Å²) in [7, 11) is 1.30. The monoisotopic (exact) mass is 425 g/mol. The number of carbonyl (C=O) groups excluding carboxylic acids is 2. The smallest absolute Gasteiger partial charge is 0.339 e. The molecule has 30 heavy (non-hydrogen) atoms. The van der Waals surface area contributed by atoms with E-state index >= 15 is 0 Å². The summed E-state index contributed by atoms with van der Waals surface area (Å²) in [5.74, 6) is -0.242. The topological polar surface area (TPSA) is 88.7 Å². The Balaban J connectivity index is 2.00. The fraction of sp³-hybridized carbons (Fsp3) is 0.227. The molecule has 0 saturated heterocycles. The van der Waals surface area contributed by atoms with E-state index in [0.29, 0.717) is 34.4 Å². The van der Waals surface area contributed by atoms with Crippen molar-refractivity contribution < 1.29 is 19.1 Å². The lowest BCUT2D eigenvalue weighted by molar-refractivity contribution is -0.113. The predicted octanol–water partition coefficient (Wildman–Crippen LogP) is 3.30. The zero-order chi connectivity index (χ0) is 21.7. The maximum absolute atomic E-state index is 13.3. The number of allylic oxidation sites excluding steroid dienone is 1. The number of thiocarbonyl (C=S) groups is 1. The molecule has 1 aliphatic rings. The summed E-state index contributed by atoms with van der Waals surface area (Å²) in [5, 5.41) is 9.40. The number of carbonyl (C=O) groups is 2. The fourth-order valence-corrected chi connectivity index (χ4v) is 3.57. The summed E-state index contributed by atoms with van der Waals surface area (Å²) in [5.41, 5.74) is 2.47. The van der Waals surface area contributed by atoms with Crippen molar-refractivity contribution in [1.82, 2.24) is 10.6 Å². The molecule has 1 aliphatic heterocycles. The van der Waals surface area contributed by atoms with E-state index in [-0.39, 0.29) is 11.5 Å². The summed E-state index contributed by atoms with van der Waals surface area (Å²) in [6.07, 6.45) is 0. The van der Waals surface area contributed by atoms with Gasteiger partial charge in [-0.25, -0.2) is 4.79 Å². The maximum atomic E-state index is 13.3. The molecule has 8 heteroatoms. The standard InChI is InChI=1S/C22H23N3O4S/c1-4-29-17-12-8-6-10-15(17)19-18(13(2)23-22(30)25-19)20(26)24-16-11-7-5-9-14(16)21(27)28-3/h5-12,19H,4H2,1-3H3,(H,24,26)(H2,23,25,30). The minimum atomic E-state index is -0.532. The molecule has 0 saturated carbocycles. The van der Waals surface area contributed by atoms with Crippen LogP contribution in [-0.4, -0.2) is 30.7 Å². The molecule has 0 bridgehead atoms. The van der Waals surface area contributed by atoms with Crippen LogP contribution in [-0.2, 0) is 9.53 Å². The molecular weight excluding hydrogens is 402 g/mol. The summed E-state index contributed by atoms with van der Waals surface area (Å²) < 4.78 is 10.6. The maximum Gasteiger partial charge on any atom is 0.339 e. The van der Waals surface area contributed by atoms with Gasteiger partial charge in [-0.05, 0) is 44.3 Å². The van der Waals surface area contributed by atoms with Crippen molar-refractivity contribution in [1.29, 1.82) is 0 Å². The highest BCUT2D eigenvalue weighted by atomic mass is 32.1. The number of amides is 1. The normalized spacial score (nSPS) is 15.7. The number of ether oxygens (including phenoxy) is 2. The second kappa shape index (κ2) is 9.41. The average molecular weight is 426 g/mol. The number of hydrogen-bond donors (Lipinski definition) is 3. The van der Waals surface area contributed by atoms with E-state index in [2.05, 4.69) is 16.0 Å². The highest BCUT2D eigenvalue weighted by Crippen LogP contribution is 2.33. The third kappa shape index (κ3) is 4.44. The molecular formula is C22H23N3O4S. The van der Waals surface area contributed by atoms with Crippen LogP contribution in [0.4, 0.5) is 5.69 Å². The van der Waals surface area contributed by atoms with Gasteiger partial charge in [0, 0.05) is 11.3 Å². The van der Waals surface area contributed by atoms with Crippen molar-refractivity contribution in [3.63, 3.8) is 0 Å². The molecule has 1 unspecified atom stereocenters. The number of esters is 1. The number of para-hydroxylation sites is 2. The first-order chi connectivity index (χ1) is 14.5. The van der Waals surface area contributed by atoms with E-state index in [4.69, 9.17) is 21.7 Å². The Morgan fingerprint density at radius 1 is 1.13 bits per heavy atom. The van der Waals surface area contributed by atoms with E-state index in [0.717, 1.165) is 5.56 Å². The van der Waals surface area contributed by atoms with Crippen LogP contribution in [0.25, 0.3) is 0 Å². The summed E-state index contributed by atoms with van der Waals surface area (Å²) in [6.45, 7) is 4.17. The first kappa shape index (κ1) is 21.3. The van der Waals surface area contributed by atoms with Crippen LogP contribution in [0.5, 0.6) is 5.75 Å². The first-order valence-electron chi connectivity index (χ1n) is 9.45. The van der Waals surface area contributed by atoms with Crippen LogP contribution in [0.1, 0.15) is 35.8 Å². The van der Waals surface area contributed by atoms with Gasteiger partial charge in [-0.15, -0.1) is 0 Å². The highest BCUT2D eigenvalue weighted by molar-refractivity contribution is 7.80. The lowest BCUT2D eigenvalue weighted by atomic mass is 9.94. The SMILES string of the molecule is CCOc1ccccc1C1NC(=S)NC(C)=C1C(=O)Nc1ccccc1C(=O)OC. The Labute approximate surface area is 180 Å². The zero-order valence-corrected chi connectivity index (χ0v) is 17.8. The lowest BCUT2D eigenvalue weighted by Gasteiger charge is -2.31. The van der Waals surface area contributed by atoms with Gasteiger partial charge in [0.05, 0.1) is 36.6 Å². The van der Waals surface area contributed by atoms with Crippen LogP contribution in [0.15, 0.2) is 59.8 Å². The van der Waals surface area contributed by atoms with Gasteiger partial charge in [0.25, 0.3) is 5.91 Å². The van der Waals surface area contributed by atoms with Gasteiger partial charge in [-0.1, -0.05) is 30.3 Å². The summed E-state index contributed by atoms with van der Waals surface area (Å²) >= 11 is 5.32. The molecule has 1 amide bonds. The molecule has 1 atom stereocenters. The first-order valence-corrected chi connectivity index (χ1v) is 9.85. The zero-order valence-electron chi connectivity index (χ0n) is 16.9. The molecule has 0 aliphatic carbocycles. The van der Waals surface area contributed by atoms with Crippen molar-refractivity contribution in [3.05, 3.63) is 70.9 Å². The molecule has 0 fully saturated rings. The largest absolute Gasteiger partial charge is 0.494 e. The Morgan fingerprint density at radius 2 is 1.83 bits per heavy atom. The second-order valence-electron chi connectivity index (χ2n) is 6.53. The van der Waals surface area contributed by atoms with E-state index in [9.17, 15) is 9.59 Å². The van der Waals surface area contributed by atoms with Gasteiger partial charge in [0.2, 0.25) is 0 Å². The minimum absolute atomic E-state index is 0.269. The van der Waals surface area contributed by atoms with Crippen LogP contribution in [0, 0.1) is 0 Å². The van der Waals surface area contributed by atoms with Crippen LogP contribution >= 0.6 is 12.2 Å². The summed E-state index contributed by atoms with van der Waals surface area (Å²) in [4.78, 5) is 25.4. The van der Waals surface area contributed by atoms with Gasteiger partial charge >= 0.3 is 5.97 Å². The van der Waals surface area contributed by atoms with Crippen molar-refractivity contribution in [2.75, 3.05) is 19.0 Å². The lowest BCUT2D eigenvalue weighted by Crippen LogP contribution is -2.46. The quantitative estimate of drug-likeness (QED) is 0.483. The number of anilines is 1. The third-order valence-corrected chi connectivity index (χ3v) is 4.84. The molecule has 2 aromatic rings. The van der Waals surface area contributed by atoms with Crippen molar-refractivity contribution in [3.8, 4) is 5.75 Å². The average Bonchev–Trinajstić information content (AvgIpc) is 2.73. The number of methoxy groups -OCH3 is 1. The van der Waals surface area contributed by atoms with Crippen molar-refractivity contribution in [2.45, 2.75) is 19.9 Å². The van der Waals surface area contributed by atoms with E-state index in [1.165, 1.54) is 7.11 Å². The number of rotatable bonds is 6. The van der Waals surface area contributed by atoms with Crippen molar-refractivity contribution in [2.24, 2.45) is 0 Å². The van der Waals surface area contributed by atoms with E-state index in [1.807, 2.05) is 31.2 Å². The van der Waals surface area contributed by atoms with Gasteiger partial charge in [-0.2, -0.15) is 0 Å². The van der Waals surface area contributed by atoms with Gasteiger partial charge in [0.1, 0.15) is 5.75 Å². The molecule has 156 valence electrons. The molecule has 3 N–H and O–H groups in total. The third-order valence-electron chi connectivity index (χ3n) is 4.62. The molecule has 0 aromatic heterocycles.